The minimum atomic E-state index is 0.762. The van der Waals surface area contributed by atoms with Gasteiger partial charge in [0.15, 0.2) is 5.96 Å². The first-order chi connectivity index (χ1) is 12.7. The monoisotopic (exact) mass is 354 g/mol. The number of nitrogens with one attached hydrogen (secondary N) is 2. The number of hydrogen-bond donors (Lipinski definition) is 2. The van der Waals surface area contributed by atoms with Gasteiger partial charge in [0, 0.05) is 51.9 Å². The van der Waals surface area contributed by atoms with E-state index in [1.165, 1.54) is 5.56 Å². The molecule has 0 aliphatic rings. The van der Waals surface area contributed by atoms with Crippen LogP contribution in [0.25, 0.3) is 5.65 Å². The van der Waals surface area contributed by atoms with E-state index in [1.807, 2.05) is 12.3 Å². The van der Waals surface area contributed by atoms with Gasteiger partial charge in [-0.05, 0) is 18.6 Å². The van der Waals surface area contributed by atoms with Crippen LogP contribution in [0.4, 0.5) is 0 Å². The van der Waals surface area contributed by atoms with Gasteiger partial charge in [0.05, 0.1) is 5.69 Å². The summed E-state index contributed by atoms with van der Waals surface area (Å²) in [4.78, 5) is 8.96. The molecule has 3 aromatic rings. The number of guanidine groups is 1. The number of pyridine rings is 1. The molecule has 138 valence electrons. The maximum absolute atomic E-state index is 4.70. The zero-order chi connectivity index (χ0) is 18.4. The lowest BCUT2D eigenvalue weighted by molar-refractivity contribution is 0.632. The molecule has 0 bridgehead atoms. The highest BCUT2D eigenvalue weighted by Gasteiger charge is 2.05. The summed E-state index contributed by atoms with van der Waals surface area (Å²) >= 11 is 0. The van der Waals surface area contributed by atoms with Gasteiger partial charge in [0.1, 0.15) is 17.8 Å². The summed E-state index contributed by atoms with van der Waals surface area (Å²) in [6.45, 7) is 6.50. The summed E-state index contributed by atoms with van der Waals surface area (Å²) in [7, 11) is 1.78. The van der Waals surface area contributed by atoms with Crippen LogP contribution >= 0.6 is 0 Å². The fourth-order valence-corrected chi connectivity index (χ4v) is 2.89. The number of imidazole rings is 1. The van der Waals surface area contributed by atoms with Crippen LogP contribution in [0.1, 0.15) is 24.0 Å². The summed E-state index contributed by atoms with van der Waals surface area (Å²) in [5, 5.41) is 14.7. The lowest BCUT2D eigenvalue weighted by atomic mass is 10.3. The van der Waals surface area contributed by atoms with E-state index < -0.39 is 0 Å². The van der Waals surface area contributed by atoms with Crippen LogP contribution in [0.15, 0.2) is 35.8 Å². The van der Waals surface area contributed by atoms with E-state index in [4.69, 9.17) is 4.98 Å². The summed E-state index contributed by atoms with van der Waals surface area (Å²) in [6, 6.07) is 4.12. The second-order valence-electron chi connectivity index (χ2n) is 6.12. The number of fused-ring (bicyclic) bond motifs is 1. The third kappa shape index (κ3) is 4.19. The van der Waals surface area contributed by atoms with Crippen LogP contribution in [-0.4, -0.2) is 50.2 Å². The summed E-state index contributed by atoms with van der Waals surface area (Å²) in [6.07, 6.45) is 7.60. The Labute approximate surface area is 153 Å². The minimum Gasteiger partial charge on any atom is -0.356 e. The van der Waals surface area contributed by atoms with Gasteiger partial charge in [-0.3, -0.25) is 4.99 Å². The van der Waals surface area contributed by atoms with Gasteiger partial charge in [0.2, 0.25) is 0 Å². The smallest absolute Gasteiger partial charge is 0.191 e. The van der Waals surface area contributed by atoms with Crippen molar-refractivity contribution in [2.75, 3.05) is 20.1 Å². The molecule has 0 aliphatic heterocycles. The molecule has 3 rings (SSSR count). The molecule has 3 aromatic heterocycles. The summed E-state index contributed by atoms with van der Waals surface area (Å²) < 4.78 is 4.13. The molecule has 0 aliphatic carbocycles. The van der Waals surface area contributed by atoms with Crippen LogP contribution in [0.2, 0.25) is 0 Å². The Morgan fingerprint density at radius 3 is 2.88 bits per heavy atom. The standard InChI is InChI=1S/C18H26N8/c1-4-16-24-22-13-26(16)11-9-21-18(19-3)20-8-7-15-12-25-10-5-6-14(2)17(25)23-15/h5-6,10,12-13H,4,7-9,11H2,1-3H3,(H2,19,20,21). The number of nitrogens with zero attached hydrogens (tertiary/aromatic N) is 6. The lowest BCUT2D eigenvalue weighted by Crippen LogP contribution is -2.39. The van der Waals surface area contributed by atoms with E-state index in [1.54, 1.807) is 13.4 Å². The van der Waals surface area contributed by atoms with Gasteiger partial charge in [-0.15, -0.1) is 10.2 Å². The van der Waals surface area contributed by atoms with E-state index in [9.17, 15) is 0 Å². The van der Waals surface area contributed by atoms with Crippen LogP contribution in [-0.2, 0) is 19.4 Å². The van der Waals surface area contributed by atoms with Crippen molar-refractivity contribution in [2.45, 2.75) is 33.2 Å². The van der Waals surface area contributed by atoms with Crippen molar-refractivity contribution < 1.29 is 0 Å². The van der Waals surface area contributed by atoms with Crippen molar-refractivity contribution in [3.63, 3.8) is 0 Å². The Hall–Kier alpha value is -2.90. The molecule has 0 aromatic carbocycles. The molecule has 0 fully saturated rings. The Balaban J connectivity index is 1.45. The Morgan fingerprint density at radius 1 is 1.27 bits per heavy atom. The molecule has 0 saturated heterocycles. The highest BCUT2D eigenvalue weighted by Crippen LogP contribution is 2.09. The third-order valence-corrected chi connectivity index (χ3v) is 4.28. The van der Waals surface area contributed by atoms with E-state index in [0.29, 0.717) is 0 Å². The van der Waals surface area contributed by atoms with Gasteiger partial charge < -0.3 is 19.6 Å². The molecule has 2 N–H and O–H groups in total. The third-order valence-electron chi connectivity index (χ3n) is 4.28. The highest BCUT2D eigenvalue weighted by molar-refractivity contribution is 5.79. The molecule has 0 saturated carbocycles. The number of aliphatic imine (C=N–C) groups is 1. The minimum absolute atomic E-state index is 0.762. The Morgan fingerprint density at radius 2 is 2.12 bits per heavy atom. The largest absolute Gasteiger partial charge is 0.356 e. The van der Waals surface area contributed by atoms with Crippen molar-refractivity contribution in [3.8, 4) is 0 Å². The van der Waals surface area contributed by atoms with Crippen molar-refractivity contribution in [2.24, 2.45) is 4.99 Å². The summed E-state index contributed by atoms with van der Waals surface area (Å²) in [5.74, 6) is 1.79. The van der Waals surface area contributed by atoms with Crippen LogP contribution in [0, 0.1) is 6.92 Å². The van der Waals surface area contributed by atoms with Crippen molar-refractivity contribution in [3.05, 3.63) is 47.9 Å². The Kier molecular flexibility index (Phi) is 5.83. The molecule has 0 unspecified atom stereocenters. The normalized spacial score (nSPS) is 11.9. The predicted octanol–water partition coefficient (Wildman–Crippen LogP) is 1.20. The van der Waals surface area contributed by atoms with Crippen molar-refractivity contribution >= 4 is 11.6 Å². The van der Waals surface area contributed by atoms with Gasteiger partial charge >= 0.3 is 0 Å². The predicted molar refractivity (Wildman–Crippen MR) is 102 cm³/mol. The Bertz CT molecular complexity index is 876. The molecule has 0 radical (unpaired) electrons. The average Bonchev–Trinajstić information content (AvgIpc) is 3.27. The van der Waals surface area contributed by atoms with Gasteiger partial charge in [0.25, 0.3) is 0 Å². The number of aromatic nitrogens is 5. The molecule has 26 heavy (non-hydrogen) atoms. The zero-order valence-electron chi connectivity index (χ0n) is 15.6. The molecular formula is C18H26N8. The quantitative estimate of drug-likeness (QED) is 0.492. The van der Waals surface area contributed by atoms with Crippen LogP contribution < -0.4 is 10.6 Å². The van der Waals surface area contributed by atoms with E-state index in [2.05, 4.69) is 60.9 Å². The lowest BCUT2D eigenvalue weighted by Gasteiger charge is -2.12. The van der Waals surface area contributed by atoms with Gasteiger partial charge in [-0.2, -0.15) is 0 Å². The van der Waals surface area contributed by atoms with Crippen molar-refractivity contribution in [1.82, 2.24) is 34.8 Å². The van der Waals surface area contributed by atoms with Gasteiger partial charge in [-0.25, -0.2) is 4.98 Å². The number of rotatable bonds is 7. The fourth-order valence-electron chi connectivity index (χ4n) is 2.89. The van der Waals surface area contributed by atoms with Crippen molar-refractivity contribution in [1.29, 1.82) is 0 Å². The highest BCUT2D eigenvalue weighted by atomic mass is 15.3. The van der Waals surface area contributed by atoms with E-state index in [-0.39, 0.29) is 0 Å². The number of hydrogen-bond acceptors (Lipinski definition) is 4. The first-order valence-corrected chi connectivity index (χ1v) is 8.95. The topological polar surface area (TPSA) is 84.4 Å². The zero-order valence-corrected chi connectivity index (χ0v) is 15.6. The molecule has 0 amide bonds. The van der Waals surface area contributed by atoms with Crippen LogP contribution in [0.5, 0.6) is 0 Å². The average molecular weight is 354 g/mol. The van der Waals surface area contributed by atoms with Gasteiger partial charge in [-0.1, -0.05) is 13.0 Å². The SMILES string of the molecule is CCc1nncn1CCNC(=NC)NCCc1cn2cccc(C)c2n1. The second kappa shape index (κ2) is 8.46. The maximum Gasteiger partial charge on any atom is 0.191 e. The van der Waals surface area contributed by atoms with E-state index in [0.717, 1.165) is 55.6 Å². The molecule has 3 heterocycles. The first kappa shape index (κ1) is 17.9. The fraction of sp³-hybridized carbons (Fsp3) is 0.444. The molecular weight excluding hydrogens is 328 g/mol. The maximum atomic E-state index is 4.70. The summed E-state index contributed by atoms with van der Waals surface area (Å²) in [5.41, 5.74) is 3.27. The van der Waals surface area contributed by atoms with E-state index >= 15 is 0 Å². The molecule has 0 spiro atoms. The molecule has 0 atom stereocenters. The molecule has 8 heteroatoms. The molecule has 8 nitrogen and oxygen atoms in total. The first-order valence-electron chi connectivity index (χ1n) is 8.95. The van der Waals surface area contributed by atoms with Crippen LogP contribution in [0.3, 0.4) is 0 Å². The second-order valence-corrected chi connectivity index (χ2v) is 6.12. The number of aryl methyl sites for hydroxylation is 2.